The van der Waals surface area contributed by atoms with Gasteiger partial charge in [-0.2, -0.15) is 0 Å². The Bertz CT molecular complexity index is 528. The van der Waals surface area contributed by atoms with Gasteiger partial charge in [0.2, 0.25) is 0 Å². The van der Waals surface area contributed by atoms with E-state index in [0.29, 0.717) is 6.04 Å². The second-order valence-corrected chi connectivity index (χ2v) is 5.78. The van der Waals surface area contributed by atoms with Gasteiger partial charge in [-0.15, -0.1) is 0 Å². The van der Waals surface area contributed by atoms with Gasteiger partial charge in [-0.3, -0.25) is 4.98 Å². The van der Waals surface area contributed by atoms with Gasteiger partial charge in [-0.1, -0.05) is 29.8 Å². The van der Waals surface area contributed by atoms with Gasteiger partial charge in [0, 0.05) is 33.8 Å². The standard InChI is InChI=1S/C15H16BrClN2/c1-18-14(8-11-4-2-3-5-15(11)17)9-13-7-6-12(16)10-19-13/h2-7,10,14,18H,8-9H2,1H3. The molecule has 0 aliphatic carbocycles. The summed E-state index contributed by atoms with van der Waals surface area (Å²) in [5.41, 5.74) is 2.25. The Hall–Kier alpha value is -0.900. The number of hydrogen-bond donors (Lipinski definition) is 1. The maximum absolute atomic E-state index is 6.20. The van der Waals surface area contributed by atoms with E-state index in [2.05, 4.69) is 32.3 Å². The molecule has 1 heterocycles. The molecule has 0 saturated carbocycles. The lowest BCUT2D eigenvalue weighted by molar-refractivity contribution is 0.550. The summed E-state index contributed by atoms with van der Waals surface area (Å²) >= 11 is 9.60. The molecule has 19 heavy (non-hydrogen) atoms. The van der Waals surface area contributed by atoms with Crippen molar-refractivity contribution in [2.45, 2.75) is 18.9 Å². The summed E-state index contributed by atoms with van der Waals surface area (Å²) in [5.74, 6) is 0. The van der Waals surface area contributed by atoms with Crippen LogP contribution in [0.1, 0.15) is 11.3 Å². The maximum atomic E-state index is 6.20. The Morgan fingerprint density at radius 1 is 1.21 bits per heavy atom. The first kappa shape index (κ1) is 14.5. The van der Waals surface area contributed by atoms with E-state index in [-0.39, 0.29) is 0 Å². The third-order valence-corrected chi connectivity index (χ3v) is 3.91. The van der Waals surface area contributed by atoms with Crippen LogP contribution in [0, 0.1) is 0 Å². The van der Waals surface area contributed by atoms with Gasteiger partial charge in [0.1, 0.15) is 0 Å². The highest BCUT2D eigenvalue weighted by Crippen LogP contribution is 2.18. The molecule has 1 aromatic carbocycles. The molecule has 0 saturated heterocycles. The van der Waals surface area contributed by atoms with Crippen molar-refractivity contribution in [3.63, 3.8) is 0 Å². The molecule has 100 valence electrons. The van der Waals surface area contributed by atoms with Crippen molar-refractivity contribution in [2.75, 3.05) is 7.05 Å². The molecule has 1 aromatic heterocycles. The zero-order valence-corrected chi connectivity index (χ0v) is 13.1. The summed E-state index contributed by atoms with van der Waals surface area (Å²) in [5, 5.41) is 4.16. The predicted octanol–water partition coefficient (Wildman–Crippen LogP) is 3.87. The van der Waals surface area contributed by atoms with Gasteiger partial charge in [0.05, 0.1) is 0 Å². The molecule has 0 aliphatic heterocycles. The maximum Gasteiger partial charge on any atom is 0.0438 e. The fourth-order valence-electron chi connectivity index (χ4n) is 1.99. The van der Waals surface area contributed by atoms with E-state index in [1.165, 1.54) is 5.56 Å². The van der Waals surface area contributed by atoms with Crippen molar-refractivity contribution in [2.24, 2.45) is 0 Å². The number of aromatic nitrogens is 1. The highest BCUT2D eigenvalue weighted by atomic mass is 79.9. The van der Waals surface area contributed by atoms with E-state index in [9.17, 15) is 0 Å². The SMILES string of the molecule is CNC(Cc1ccc(Br)cn1)Cc1ccccc1Cl. The highest BCUT2D eigenvalue weighted by molar-refractivity contribution is 9.10. The summed E-state index contributed by atoms with van der Waals surface area (Å²) in [6.07, 6.45) is 3.61. The minimum absolute atomic E-state index is 0.327. The molecule has 4 heteroatoms. The smallest absolute Gasteiger partial charge is 0.0438 e. The van der Waals surface area contributed by atoms with Crippen LogP contribution in [-0.2, 0) is 12.8 Å². The summed E-state index contributed by atoms with van der Waals surface area (Å²) in [6, 6.07) is 12.4. The van der Waals surface area contributed by atoms with Crippen LogP contribution >= 0.6 is 27.5 Å². The minimum atomic E-state index is 0.327. The number of pyridine rings is 1. The van der Waals surface area contributed by atoms with Gasteiger partial charge in [-0.25, -0.2) is 0 Å². The number of hydrogen-bond acceptors (Lipinski definition) is 2. The van der Waals surface area contributed by atoms with Crippen molar-refractivity contribution in [3.05, 3.63) is 63.3 Å². The molecule has 1 unspecified atom stereocenters. The number of likely N-dealkylation sites (N-methyl/N-ethyl adjacent to an activating group) is 1. The average molecular weight is 340 g/mol. The van der Waals surface area contributed by atoms with Crippen LogP contribution in [-0.4, -0.2) is 18.1 Å². The largest absolute Gasteiger partial charge is 0.316 e. The second-order valence-electron chi connectivity index (χ2n) is 4.45. The Balaban J connectivity index is 2.05. The third kappa shape index (κ3) is 4.30. The number of halogens is 2. The number of rotatable bonds is 5. The number of nitrogens with one attached hydrogen (secondary N) is 1. The Labute approximate surface area is 127 Å². The fraction of sp³-hybridized carbons (Fsp3) is 0.267. The van der Waals surface area contributed by atoms with Crippen LogP contribution in [0.4, 0.5) is 0 Å². The zero-order valence-electron chi connectivity index (χ0n) is 10.7. The molecular formula is C15H16BrClN2. The predicted molar refractivity (Wildman–Crippen MR) is 83.6 cm³/mol. The lowest BCUT2D eigenvalue weighted by atomic mass is 10.0. The van der Waals surface area contributed by atoms with Gasteiger partial charge in [-0.05, 0) is 53.2 Å². The van der Waals surface area contributed by atoms with E-state index < -0.39 is 0 Å². The summed E-state index contributed by atoms with van der Waals surface area (Å²) in [4.78, 5) is 4.41. The lowest BCUT2D eigenvalue weighted by Crippen LogP contribution is -2.30. The molecule has 2 rings (SSSR count). The van der Waals surface area contributed by atoms with Crippen molar-refractivity contribution < 1.29 is 0 Å². The quantitative estimate of drug-likeness (QED) is 0.894. The van der Waals surface area contributed by atoms with Crippen LogP contribution in [0.2, 0.25) is 5.02 Å². The normalized spacial score (nSPS) is 12.4. The molecule has 0 fully saturated rings. The Kier molecular flexibility index (Phi) is 5.37. The van der Waals surface area contributed by atoms with Crippen molar-refractivity contribution in [1.29, 1.82) is 0 Å². The van der Waals surface area contributed by atoms with E-state index in [1.807, 2.05) is 43.6 Å². The first-order valence-electron chi connectivity index (χ1n) is 6.20. The molecule has 1 N–H and O–H groups in total. The monoisotopic (exact) mass is 338 g/mol. The molecule has 1 atom stereocenters. The first-order valence-corrected chi connectivity index (χ1v) is 7.37. The molecule has 0 aliphatic rings. The van der Waals surface area contributed by atoms with Crippen molar-refractivity contribution in [1.82, 2.24) is 10.3 Å². The highest BCUT2D eigenvalue weighted by Gasteiger charge is 2.11. The molecule has 0 radical (unpaired) electrons. The average Bonchev–Trinajstić information content (AvgIpc) is 2.43. The van der Waals surface area contributed by atoms with Gasteiger partial charge in [0.25, 0.3) is 0 Å². The van der Waals surface area contributed by atoms with E-state index in [0.717, 1.165) is 28.0 Å². The molecule has 2 nitrogen and oxygen atoms in total. The second kappa shape index (κ2) is 7.04. The van der Waals surface area contributed by atoms with Crippen LogP contribution < -0.4 is 5.32 Å². The third-order valence-electron chi connectivity index (χ3n) is 3.08. The van der Waals surface area contributed by atoms with Crippen molar-refractivity contribution >= 4 is 27.5 Å². The molecule has 0 bridgehead atoms. The van der Waals surface area contributed by atoms with Crippen LogP contribution in [0.3, 0.4) is 0 Å². The minimum Gasteiger partial charge on any atom is -0.316 e. The number of benzene rings is 1. The van der Waals surface area contributed by atoms with Crippen LogP contribution in [0.25, 0.3) is 0 Å². The summed E-state index contributed by atoms with van der Waals surface area (Å²) in [6.45, 7) is 0. The Morgan fingerprint density at radius 2 is 2.00 bits per heavy atom. The Morgan fingerprint density at radius 3 is 2.63 bits per heavy atom. The van der Waals surface area contributed by atoms with E-state index in [4.69, 9.17) is 11.6 Å². The first-order chi connectivity index (χ1) is 9.19. The lowest BCUT2D eigenvalue weighted by Gasteiger charge is -2.16. The van der Waals surface area contributed by atoms with Gasteiger partial charge < -0.3 is 5.32 Å². The molecule has 0 amide bonds. The van der Waals surface area contributed by atoms with Crippen LogP contribution in [0.5, 0.6) is 0 Å². The zero-order chi connectivity index (χ0) is 13.7. The van der Waals surface area contributed by atoms with Gasteiger partial charge in [0.15, 0.2) is 0 Å². The van der Waals surface area contributed by atoms with Crippen molar-refractivity contribution in [3.8, 4) is 0 Å². The van der Waals surface area contributed by atoms with Gasteiger partial charge >= 0.3 is 0 Å². The summed E-state index contributed by atoms with van der Waals surface area (Å²) in [7, 11) is 1.97. The number of nitrogens with zero attached hydrogens (tertiary/aromatic N) is 1. The summed E-state index contributed by atoms with van der Waals surface area (Å²) < 4.78 is 1.00. The molecule has 2 aromatic rings. The topological polar surface area (TPSA) is 24.9 Å². The molecule has 0 spiro atoms. The van der Waals surface area contributed by atoms with E-state index in [1.54, 1.807) is 0 Å². The van der Waals surface area contributed by atoms with E-state index >= 15 is 0 Å². The molecular weight excluding hydrogens is 324 g/mol. The van der Waals surface area contributed by atoms with Crippen LogP contribution in [0.15, 0.2) is 47.1 Å². The fourth-order valence-corrected chi connectivity index (χ4v) is 2.43.